The van der Waals surface area contributed by atoms with Crippen molar-refractivity contribution < 1.29 is 0 Å². The van der Waals surface area contributed by atoms with Crippen LogP contribution in [-0.4, -0.2) is 16.3 Å². The first-order chi connectivity index (χ1) is 7.43. The van der Waals surface area contributed by atoms with Gasteiger partial charge < -0.3 is 5.32 Å². The minimum atomic E-state index is 0.685. The lowest BCUT2D eigenvalue weighted by Crippen LogP contribution is -2.23. The van der Waals surface area contributed by atoms with E-state index in [1.807, 2.05) is 0 Å². The molecule has 0 saturated heterocycles. The smallest absolute Gasteiger partial charge is 0.0794 e. The second kappa shape index (κ2) is 3.97. The minimum absolute atomic E-state index is 0.685. The largest absolute Gasteiger partial charge is 0.311 e. The van der Waals surface area contributed by atoms with Crippen LogP contribution in [0.15, 0.2) is 6.20 Å². The normalized spacial score (nSPS) is 22.7. The first-order valence-electron chi connectivity index (χ1n) is 6.21. The zero-order valence-corrected chi connectivity index (χ0v) is 9.21. The van der Waals surface area contributed by atoms with E-state index in [1.54, 1.807) is 0 Å². The second-order valence-corrected chi connectivity index (χ2v) is 4.80. The van der Waals surface area contributed by atoms with Crippen LogP contribution in [0.2, 0.25) is 0 Å². The van der Waals surface area contributed by atoms with Crippen LogP contribution in [0.1, 0.15) is 49.4 Å². The van der Waals surface area contributed by atoms with Crippen LogP contribution in [0, 0.1) is 0 Å². The molecule has 2 aliphatic rings. The van der Waals surface area contributed by atoms with Crippen molar-refractivity contribution in [2.45, 2.75) is 51.1 Å². The van der Waals surface area contributed by atoms with Crippen molar-refractivity contribution in [1.82, 2.24) is 15.1 Å². The van der Waals surface area contributed by atoms with Crippen molar-refractivity contribution in [3.63, 3.8) is 0 Å². The molecule has 82 valence electrons. The summed E-state index contributed by atoms with van der Waals surface area (Å²) in [5.74, 6) is 0. The van der Waals surface area contributed by atoms with E-state index in [2.05, 4.69) is 16.2 Å². The van der Waals surface area contributed by atoms with Crippen LogP contribution in [0.5, 0.6) is 0 Å². The van der Waals surface area contributed by atoms with Gasteiger partial charge in [0.25, 0.3) is 0 Å². The lowest BCUT2D eigenvalue weighted by atomic mass is 9.96. The SMILES string of the molecule is c1c2c(nn1C1CCCCC1)CNCC2. The highest BCUT2D eigenvalue weighted by atomic mass is 15.3. The molecule has 3 nitrogen and oxygen atoms in total. The highest BCUT2D eigenvalue weighted by Crippen LogP contribution is 2.28. The molecule has 0 radical (unpaired) electrons. The maximum Gasteiger partial charge on any atom is 0.0794 e. The Kier molecular flexibility index (Phi) is 2.49. The van der Waals surface area contributed by atoms with Gasteiger partial charge in [-0.05, 0) is 31.4 Å². The third-order valence-corrected chi connectivity index (χ3v) is 3.71. The number of hydrogen-bond acceptors (Lipinski definition) is 2. The number of aromatic nitrogens is 2. The van der Waals surface area contributed by atoms with Gasteiger partial charge in [-0.3, -0.25) is 4.68 Å². The molecule has 1 aromatic heterocycles. The molecule has 0 aromatic carbocycles. The van der Waals surface area contributed by atoms with Crippen molar-refractivity contribution in [2.75, 3.05) is 6.54 Å². The Bertz CT molecular complexity index is 313. The first-order valence-corrected chi connectivity index (χ1v) is 6.21. The van der Waals surface area contributed by atoms with E-state index in [0.717, 1.165) is 19.5 Å². The molecule has 1 N–H and O–H groups in total. The lowest BCUT2D eigenvalue weighted by molar-refractivity contribution is 0.328. The molecule has 15 heavy (non-hydrogen) atoms. The fourth-order valence-electron chi connectivity index (χ4n) is 2.79. The second-order valence-electron chi connectivity index (χ2n) is 4.80. The van der Waals surface area contributed by atoms with E-state index >= 15 is 0 Å². The minimum Gasteiger partial charge on any atom is -0.311 e. The summed E-state index contributed by atoms with van der Waals surface area (Å²) in [6.45, 7) is 2.08. The van der Waals surface area contributed by atoms with Crippen LogP contribution in [-0.2, 0) is 13.0 Å². The Hall–Kier alpha value is -0.830. The molecule has 0 atom stereocenters. The Morgan fingerprint density at radius 2 is 2.13 bits per heavy atom. The Labute approximate surface area is 90.9 Å². The van der Waals surface area contributed by atoms with E-state index in [0.29, 0.717) is 6.04 Å². The van der Waals surface area contributed by atoms with Gasteiger partial charge in [-0.25, -0.2) is 0 Å². The summed E-state index contributed by atoms with van der Waals surface area (Å²) in [6, 6.07) is 0.685. The van der Waals surface area contributed by atoms with Crippen molar-refractivity contribution in [2.24, 2.45) is 0 Å². The van der Waals surface area contributed by atoms with Crippen molar-refractivity contribution in [3.05, 3.63) is 17.5 Å². The molecule has 1 aromatic rings. The lowest BCUT2D eigenvalue weighted by Gasteiger charge is -2.21. The van der Waals surface area contributed by atoms with Gasteiger partial charge in [-0.1, -0.05) is 19.3 Å². The van der Waals surface area contributed by atoms with Crippen LogP contribution < -0.4 is 5.32 Å². The van der Waals surface area contributed by atoms with Crippen molar-refractivity contribution in [1.29, 1.82) is 0 Å². The van der Waals surface area contributed by atoms with E-state index in [1.165, 1.54) is 43.4 Å². The Morgan fingerprint density at radius 1 is 1.27 bits per heavy atom. The van der Waals surface area contributed by atoms with Gasteiger partial charge in [0.1, 0.15) is 0 Å². The van der Waals surface area contributed by atoms with Gasteiger partial charge in [0, 0.05) is 12.7 Å². The summed E-state index contributed by atoms with van der Waals surface area (Å²) < 4.78 is 2.25. The third kappa shape index (κ3) is 1.81. The van der Waals surface area contributed by atoms with Gasteiger partial charge >= 0.3 is 0 Å². The molecule has 0 bridgehead atoms. The number of fused-ring (bicyclic) bond motifs is 1. The zero-order chi connectivity index (χ0) is 10.1. The van der Waals surface area contributed by atoms with Crippen LogP contribution in [0.3, 0.4) is 0 Å². The van der Waals surface area contributed by atoms with E-state index in [9.17, 15) is 0 Å². The van der Waals surface area contributed by atoms with Crippen LogP contribution >= 0.6 is 0 Å². The van der Waals surface area contributed by atoms with Crippen LogP contribution in [0.25, 0.3) is 0 Å². The molecule has 1 fully saturated rings. The van der Waals surface area contributed by atoms with E-state index < -0.39 is 0 Å². The van der Waals surface area contributed by atoms with Crippen molar-refractivity contribution >= 4 is 0 Å². The standard InChI is InChI=1S/C12H19N3/c1-2-4-11(5-3-1)15-9-10-6-7-13-8-12(10)14-15/h9,11,13H,1-8H2. The van der Waals surface area contributed by atoms with Gasteiger partial charge in [-0.2, -0.15) is 5.10 Å². The predicted molar refractivity (Wildman–Crippen MR) is 59.8 cm³/mol. The van der Waals surface area contributed by atoms with Gasteiger partial charge in [-0.15, -0.1) is 0 Å². The fourth-order valence-corrected chi connectivity index (χ4v) is 2.79. The fraction of sp³-hybridized carbons (Fsp3) is 0.750. The zero-order valence-electron chi connectivity index (χ0n) is 9.21. The number of nitrogens with zero attached hydrogens (tertiary/aromatic N) is 2. The molecule has 1 saturated carbocycles. The highest BCUT2D eigenvalue weighted by molar-refractivity contribution is 5.20. The summed E-state index contributed by atoms with van der Waals surface area (Å²) in [4.78, 5) is 0. The average molecular weight is 205 g/mol. The molecule has 3 rings (SSSR count). The Balaban J connectivity index is 1.82. The number of hydrogen-bond donors (Lipinski definition) is 1. The molecule has 1 aliphatic heterocycles. The number of rotatable bonds is 1. The molecule has 1 aliphatic carbocycles. The quantitative estimate of drug-likeness (QED) is 0.760. The number of nitrogens with one attached hydrogen (secondary N) is 1. The molecule has 2 heterocycles. The first kappa shape index (κ1) is 9.40. The predicted octanol–water partition coefficient (Wildman–Crippen LogP) is 2.03. The molecule has 0 unspecified atom stereocenters. The monoisotopic (exact) mass is 205 g/mol. The molecule has 0 amide bonds. The third-order valence-electron chi connectivity index (χ3n) is 3.71. The van der Waals surface area contributed by atoms with Gasteiger partial charge in [0.15, 0.2) is 0 Å². The molecule has 0 spiro atoms. The van der Waals surface area contributed by atoms with E-state index in [4.69, 9.17) is 5.10 Å². The van der Waals surface area contributed by atoms with Gasteiger partial charge in [0.05, 0.1) is 11.7 Å². The van der Waals surface area contributed by atoms with Crippen molar-refractivity contribution in [3.8, 4) is 0 Å². The summed E-state index contributed by atoms with van der Waals surface area (Å²) in [6.07, 6.45) is 10.3. The van der Waals surface area contributed by atoms with Crippen LogP contribution in [0.4, 0.5) is 0 Å². The van der Waals surface area contributed by atoms with E-state index in [-0.39, 0.29) is 0 Å². The topological polar surface area (TPSA) is 29.9 Å². The molecular formula is C12H19N3. The maximum absolute atomic E-state index is 4.73. The van der Waals surface area contributed by atoms with Gasteiger partial charge in [0.2, 0.25) is 0 Å². The summed E-state index contributed by atoms with van der Waals surface area (Å²) >= 11 is 0. The summed E-state index contributed by atoms with van der Waals surface area (Å²) in [7, 11) is 0. The summed E-state index contributed by atoms with van der Waals surface area (Å²) in [5.41, 5.74) is 2.76. The Morgan fingerprint density at radius 3 is 2.93 bits per heavy atom. The summed E-state index contributed by atoms with van der Waals surface area (Å²) in [5, 5.41) is 8.11. The average Bonchev–Trinajstić information content (AvgIpc) is 2.74. The maximum atomic E-state index is 4.73. The molecular weight excluding hydrogens is 186 g/mol. The highest BCUT2D eigenvalue weighted by Gasteiger charge is 2.19. The molecule has 3 heteroatoms.